The summed E-state index contributed by atoms with van der Waals surface area (Å²) in [5.74, 6) is -1.95. The molecule has 0 saturated heterocycles. The molecule has 0 saturated carbocycles. The van der Waals surface area contributed by atoms with Gasteiger partial charge in [-0.25, -0.2) is 9.59 Å². The zero-order chi connectivity index (χ0) is 48.2. The first-order chi connectivity index (χ1) is 30.7. The van der Waals surface area contributed by atoms with E-state index in [-0.39, 0.29) is 24.2 Å². The second-order valence-electron chi connectivity index (χ2n) is 15.4. The quantitative estimate of drug-likeness (QED) is 0.0525. The number of carbonyl (C=O) groups is 6. The molecule has 0 bridgehead atoms. The normalized spacial score (nSPS) is 11.7. The number of esters is 4. The zero-order valence-electron chi connectivity index (χ0n) is 37.8. The molecule has 2 amide bonds. The van der Waals surface area contributed by atoms with E-state index in [1.165, 1.54) is 6.92 Å². The third-order valence-corrected chi connectivity index (χ3v) is 9.63. The van der Waals surface area contributed by atoms with Crippen LogP contribution in [-0.2, 0) is 51.0 Å². The van der Waals surface area contributed by atoms with Crippen molar-refractivity contribution in [3.05, 3.63) is 129 Å². The minimum atomic E-state index is -1.30. The Balaban J connectivity index is 0.000000447. The summed E-state index contributed by atoms with van der Waals surface area (Å²) >= 11 is 11.7. The van der Waals surface area contributed by atoms with Crippen LogP contribution < -0.4 is 31.2 Å². The minimum absolute atomic E-state index is 0. The van der Waals surface area contributed by atoms with Crippen molar-refractivity contribution in [3.63, 3.8) is 0 Å². The number of hydrogen-bond donors (Lipinski definition) is 4. The van der Waals surface area contributed by atoms with Crippen LogP contribution in [0.4, 0.5) is 0 Å². The van der Waals surface area contributed by atoms with E-state index in [9.17, 15) is 28.8 Å². The van der Waals surface area contributed by atoms with Gasteiger partial charge in [0.25, 0.3) is 11.8 Å². The number of amides is 2. The van der Waals surface area contributed by atoms with Crippen molar-refractivity contribution >= 4 is 71.3 Å². The van der Waals surface area contributed by atoms with Gasteiger partial charge in [0, 0.05) is 34.3 Å². The molecule has 0 aromatic heterocycles. The number of carbonyl (C=O) groups excluding carboxylic acids is 6. The number of likely N-dealkylation sites (N-methyl/N-ethyl adjacent to an activating group) is 1. The van der Waals surface area contributed by atoms with Gasteiger partial charge in [0.05, 0.1) is 0 Å². The smallest absolute Gasteiger partial charge is 0.352 e. The lowest BCUT2D eigenvalue weighted by Gasteiger charge is -2.24. The highest BCUT2D eigenvalue weighted by atomic mass is 35.5. The number of ether oxygens (including phenoxy) is 6. The van der Waals surface area contributed by atoms with Crippen LogP contribution in [0.1, 0.15) is 73.4 Å². The molecule has 0 radical (unpaired) electrons. The monoisotopic (exact) mass is 974 g/mol. The zero-order valence-corrected chi connectivity index (χ0v) is 40.1. The number of hydrogen-bond acceptors (Lipinski definition) is 14. The molecule has 0 aliphatic carbocycles. The van der Waals surface area contributed by atoms with Crippen molar-refractivity contribution in [2.45, 2.75) is 77.7 Å². The second-order valence-corrected chi connectivity index (χ2v) is 16.2. The number of rotatable bonds is 21. The van der Waals surface area contributed by atoms with Gasteiger partial charge in [-0.05, 0) is 145 Å². The summed E-state index contributed by atoms with van der Waals surface area (Å²) in [6.07, 6.45) is 1.25. The van der Waals surface area contributed by atoms with Gasteiger partial charge in [0.2, 0.25) is 13.6 Å². The van der Waals surface area contributed by atoms with E-state index in [0.29, 0.717) is 58.6 Å². The van der Waals surface area contributed by atoms with Crippen molar-refractivity contribution in [1.82, 2.24) is 16.0 Å². The maximum absolute atomic E-state index is 12.3. The van der Waals surface area contributed by atoms with Crippen molar-refractivity contribution in [2.75, 3.05) is 33.7 Å². The Hall–Kier alpha value is -5.91. The average molecular weight is 976 g/mol. The van der Waals surface area contributed by atoms with Gasteiger partial charge in [0.1, 0.15) is 23.6 Å². The molecular formula is C47H57Cl3N4O12. The first-order valence-electron chi connectivity index (χ1n) is 20.4. The molecule has 5 N–H and O–H groups in total. The Labute approximate surface area is 400 Å². The molecule has 0 fully saturated rings. The first kappa shape index (κ1) is 56.2. The average Bonchev–Trinajstić information content (AvgIpc) is 3.27. The Morgan fingerprint density at radius 1 is 0.561 bits per heavy atom. The summed E-state index contributed by atoms with van der Waals surface area (Å²) in [4.78, 5) is 71.6. The van der Waals surface area contributed by atoms with Crippen LogP contribution in [0.25, 0.3) is 0 Å². The standard InChI is InChI=1S/C24H29ClN2O6.C23H27ClN2O6.ClH/c1-16(26-4)22(29)31-15-32-23(30)24(2,3)33-20-11-5-17(6-12-20)13-14-27-21(28)18-7-9-19(25)10-8-18;1-15(25)21(28)30-14-31-22(29)23(2,3)32-19-10-4-16(5-11-19)12-13-26-20(27)17-6-8-18(24)9-7-17;/h5-12,16,26H,13-15H2,1-4H3,(H,27,28);4-11,15H,12-14,25H2,1-3H3,(H,26,27);1H/t16-;15-;/m00./s1. The van der Waals surface area contributed by atoms with Crippen LogP contribution in [0.15, 0.2) is 97.1 Å². The van der Waals surface area contributed by atoms with E-state index in [4.69, 9.17) is 57.4 Å². The topological polar surface area (TPSA) is 220 Å². The van der Waals surface area contributed by atoms with Gasteiger partial charge in [-0.15, -0.1) is 12.4 Å². The first-order valence-corrected chi connectivity index (χ1v) is 21.2. The summed E-state index contributed by atoms with van der Waals surface area (Å²) in [6.45, 7) is 9.21. The maximum Gasteiger partial charge on any atom is 0.352 e. The predicted octanol–water partition coefficient (Wildman–Crippen LogP) is 6.40. The highest BCUT2D eigenvalue weighted by Crippen LogP contribution is 2.22. The number of nitrogens with one attached hydrogen (secondary N) is 3. The fraction of sp³-hybridized carbons (Fsp3) is 0.362. The maximum atomic E-state index is 12.3. The third kappa shape index (κ3) is 19.7. The molecule has 4 aromatic rings. The molecule has 0 unspecified atom stereocenters. The van der Waals surface area contributed by atoms with Crippen LogP contribution in [0, 0.1) is 0 Å². The summed E-state index contributed by atoms with van der Waals surface area (Å²) in [5.41, 5.74) is 5.85. The van der Waals surface area contributed by atoms with Gasteiger partial charge in [-0.1, -0.05) is 47.5 Å². The van der Waals surface area contributed by atoms with Gasteiger partial charge in [0.15, 0.2) is 11.2 Å². The summed E-state index contributed by atoms with van der Waals surface area (Å²) < 4.78 is 31.0. The lowest BCUT2D eigenvalue weighted by Crippen LogP contribution is -2.40. The predicted molar refractivity (Wildman–Crippen MR) is 251 cm³/mol. The molecule has 16 nitrogen and oxygen atoms in total. The van der Waals surface area contributed by atoms with E-state index in [2.05, 4.69) is 16.0 Å². The van der Waals surface area contributed by atoms with Crippen LogP contribution in [0.2, 0.25) is 10.0 Å². The Morgan fingerprint density at radius 2 is 0.909 bits per heavy atom. The second kappa shape index (κ2) is 27.5. The number of benzene rings is 4. The molecule has 0 spiro atoms. The Bertz CT molecular complexity index is 2190. The molecule has 4 aromatic carbocycles. The highest BCUT2D eigenvalue weighted by molar-refractivity contribution is 6.31. The summed E-state index contributed by atoms with van der Waals surface area (Å²) in [7, 11) is 1.62. The Kier molecular flexibility index (Phi) is 23.5. The third-order valence-electron chi connectivity index (χ3n) is 9.13. The lowest BCUT2D eigenvalue weighted by molar-refractivity contribution is -0.179. The summed E-state index contributed by atoms with van der Waals surface area (Å²) in [6, 6.07) is 26.4. The molecule has 19 heteroatoms. The Morgan fingerprint density at radius 3 is 1.24 bits per heavy atom. The van der Waals surface area contributed by atoms with Crippen LogP contribution in [0.3, 0.4) is 0 Å². The fourth-order valence-electron chi connectivity index (χ4n) is 5.17. The van der Waals surface area contributed by atoms with E-state index in [0.717, 1.165) is 11.1 Å². The SMILES string of the molecule is CN[C@@H](C)C(=O)OCOC(=O)C(C)(C)Oc1ccc(CCNC(=O)c2ccc(Cl)cc2)cc1.C[C@H](N)C(=O)OCOC(=O)C(C)(C)Oc1ccc(CCNC(=O)c2ccc(Cl)cc2)cc1.Cl. The molecule has 0 heterocycles. The molecular weight excluding hydrogens is 919 g/mol. The molecule has 66 heavy (non-hydrogen) atoms. The highest BCUT2D eigenvalue weighted by Gasteiger charge is 2.33. The van der Waals surface area contributed by atoms with Crippen molar-refractivity contribution in [2.24, 2.45) is 5.73 Å². The largest absolute Gasteiger partial charge is 0.476 e. The van der Waals surface area contributed by atoms with Crippen LogP contribution in [-0.4, -0.2) is 92.7 Å². The molecule has 358 valence electrons. The van der Waals surface area contributed by atoms with Crippen LogP contribution in [0.5, 0.6) is 11.5 Å². The molecule has 4 rings (SSSR count). The molecule has 0 aliphatic heterocycles. The summed E-state index contributed by atoms with van der Waals surface area (Å²) in [5, 5.41) is 9.59. The lowest BCUT2D eigenvalue weighted by atomic mass is 10.1. The number of nitrogens with two attached hydrogens (primary N) is 1. The number of halogens is 3. The van der Waals surface area contributed by atoms with Crippen LogP contribution >= 0.6 is 35.6 Å². The van der Waals surface area contributed by atoms with Gasteiger partial charge < -0.3 is 50.1 Å². The van der Waals surface area contributed by atoms with Gasteiger partial charge in [-0.3, -0.25) is 19.2 Å². The fourth-order valence-corrected chi connectivity index (χ4v) is 5.42. The molecule has 2 atom stereocenters. The minimum Gasteiger partial charge on any atom is -0.476 e. The van der Waals surface area contributed by atoms with Crippen molar-refractivity contribution in [3.8, 4) is 11.5 Å². The van der Waals surface area contributed by atoms with E-state index in [1.54, 1.807) is 114 Å². The van der Waals surface area contributed by atoms with Crippen molar-refractivity contribution in [1.29, 1.82) is 0 Å². The van der Waals surface area contributed by atoms with Crippen molar-refractivity contribution < 1.29 is 57.2 Å². The van der Waals surface area contributed by atoms with E-state index in [1.807, 2.05) is 24.3 Å². The van der Waals surface area contributed by atoms with E-state index >= 15 is 0 Å². The molecule has 0 aliphatic rings. The van der Waals surface area contributed by atoms with Gasteiger partial charge in [-0.2, -0.15) is 0 Å². The van der Waals surface area contributed by atoms with E-state index < -0.39 is 60.7 Å². The van der Waals surface area contributed by atoms with Gasteiger partial charge >= 0.3 is 23.9 Å².